The summed E-state index contributed by atoms with van der Waals surface area (Å²) in [5.74, 6) is -0.201. The molecule has 1 N–H and O–H groups in total. The summed E-state index contributed by atoms with van der Waals surface area (Å²) in [7, 11) is 0. The fraction of sp³-hybridized carbons (Fsp3) is 0.429. The maximum atomic E-state index is 11.0. The van der Waals surface area contributed by atoms with Crippen LogP contribution in [-0.4, -0.2) is 48.0 Å². The van der Waals surface area contributed by atoms with Crippen molar-refractivity contribution in [3.05, 3.63) is 28.8 Å². The molecule has 0 radical (unpaired) electrons. The van der Waals surface area contributed by atoms with Crippen molar-refractivity contribution in [2.75, 3.05) is 19.7 Å². The van der Waals surface area contributed by atoms with E-state index in [4.69, 9.17) is 21.4 Å². The molecule has 1 saturated heterocycles. The quantitative estimate of drug-likeness (QED) is 0.814. The molecule has 0 amide bonds. The first-order valence-electron chi connectivity index (χ1n) is 6.46. The number of benzene rings is 1. The molecule has 1 aliphatic heterocycles. The van der Waals surface area contributed by atoms with Crippen molar-refractivity contribution in [3.8, 4) is 5.75 Å². The Morgan fingerprint density at radius 1 is 1.55 bits per heavy atom. The van der Waals surface area contributed by atoms with Crippen LogP contribution >= 0.6 is 11.6 Å². The van der Waals surface area contributed by atoms with Crippen LogP contribution in [-0.2, 0) is 4.79 Å². The number of ether oxygens (including phenoxy) is 1. The number of carbonyl (C=O) groups excluding carboxylic acids is 1. The van der Waals surface area contributed by atoms with Crippen LogP contribution in [0.4, 0.5) is 0 Å². The largest absolute Gasteiger partial charge is 0.492 e. The molecule has 6 heteroatoms. The van der Waals surface area contributed by atoms with Gasteiger partial charge in [0.1, 0.15) is 18.4 Å². The molecule has 0 unspecified atom stereocenters. The molecule has 1 fully saturated rings. The highest BCUT2D eigenvalue weighted by atomic mass is 35.5. The number of halogens is 1. The van der Waals surface area contributed by atoms with E-state index in [1.54, 1.807) is 18.2 Å². The monoisotopic (exact) mass is 297 g/mol. The van der Waals surface area contributed by atoms with Gasteiger partial charge in [0, 0.05) is 12.1 Å². The highest BCUT2D eigenvalue weighted by molar-refractivity contribution is 6.33. The van der Waals surface area contributed by atoms with Gasteiger partial charge in [-0.25, -0.2) is 0 Å². The minimum atomic E-state index is -0.777. The molecular formula is C14H16ClNO4. The lowest BCUT2D eigenvalue weighted by Crippen LogP contribution is -2.38. The summed E-state index contributed by atoms with van der Waals surface area (Å²) in [6.07, 6.45) is 2.28. The number of rotatable bonds is 6. The number of carboxylic acids is 1. The SMILES string of the molecule is O=Cc1ccc(OCCN2CCC[C@H]2C(=O)O)cc1Cl. The van der Waals surface area contributed by atoms with Crippen LogP contribution in [0, 0.1) is 0 Å². The maximum Gasteiger partial charge on any atom is 0.320 e. The first-order chi connectivity index (χ1) is 9.61. The lowest BCUT2D eigenvalue weighted by Gasteiger charge is -2.20. The van der Waals surface area contributed by atoms with Crippen molar-refractivity contribution in [3.63, 3.8) is 0 Å². The Labute approximate surface area is 122 Å². The van der Waals surface area contributed by atoms with E-state index < -0.39 is 12.0 Å². The molecule has 0 spiro atoms. The lowest BCUT2D eigenvalue weighted by atomic mass is 10.2. The molecule has 0 saturated carbocycles. The second-order valence-electron chi connectivity index (χ2n) is 4.68. The molecule has 2 rings (SSSR count). The number of aliphatic carboxylic acids is 1. The van der Waals surface area contributed by atoms with Crippen LogP contribution in [0.25, 0.3) is 0 Å². The van der Waals surface area contributed by atoms with E-state index in [2.05, 4.69) is 0 Å². The second-order valence-corrected chi connectivity index (χ2v) is 5.09. The zero-order chi connectivity index (χ0) is 14.5. The molecule has 1 aromatic rings. The Morgan fingerprint density at radius 2 is 2.35 bits per heavy atom. The normalized spacial score (nSPS) is 18.9. The summed E-state index contributed by atoms with van der Waals surface area (Å²) in [4.78, 5) is 23.6. The Hall–Kier alpha value is -1.59. The van der Waals surface area contributed by atoms with Gasteiger partial charge in [0.15, 0.2) is 6.29 Å². The van der Waals surface area contributed by atoms with Gasteiger partial charge in [0.25, 0.3) is 0 Å². The van der Waals surface area contributed by atoms with Crippen LogP contribution < -0.4 is 4.74 Å². The first-order valence-corrected chi connectivity index (χ1v) is 6.84. The number of hydrogen-bond acceptors (Lipinski definition) is 4. The van der Waals surface area contributed by atoms with Gasteiger partial charge in [-0.3, -0.25) is 14.5 Å². The number of nitrogens with zero attached hydrogens (tertiary/aromatic N) is 1. The van der Waals surface area contributed by atoms with E-state index in [1.165, 1.54) is 0 Å². The van der Waals surface area contributed by atoms with Gasteiger partial charge in [-0.15, -0.1) is 0 Å². The molecular weight excluding hydrogens is 282 g/mol. The van der Waals surface area contributed by atoms with Crippen molar-refractivity contribution in [2.45, 2.75) is 18.9 Å². The predicted octanol–water partition coefficient (Wildman–Crippen LogP) is 2.08. The minimum absolute atomic E-state index is 0.349. The Bertz CT molecular complexity index is 506. The molecule has 108 valence electrons. The average molecular weight is 298 g/mol. The van der Waals surface area contributed by atoms with Crippen molar-refractivity contribution in [2.24, 2.45) is 0 Å². The predicted molar refractivity (Wildman–Crippen MR) is 74.6 cm³/mol. The number of carboxylic acid groups (broad SMARTS) is 1. The van der Waals surface area contributed by atoms with Crippen LogP contribution in [0.2, 0.25) is 5.02 Å². The molecule has 5 nitrogen and oxygen atoms in total. The van der Waals surface area contributed by atoms with Crippen LogP contribution in [0.5, 0.6) is 5.75 Å². The Kier molecular flexibility index (Phi) is 4.98. The number of carbonyl (C=O) groups is 2. The summed E-state index contributed by atoms with van der Waals surface area (Å²) < 4.78 is 5.54. The fourth-order valence-electron chi connectivity index (χ4n) is 2.35. The zero-order valence-electron chi connectivity index (χ0n) is 10.9. The van der Waals surface area contributed by atoms with Gasteiger partial charge in [0.2, 0.25) is 0 Å². The molecule has 20 heavy (non-hydrogen) atoms. The fourth-order valence-corrected chi connectivity index (χ4v) is 2.56. The summed E-state index contributed by atoms with van der Waals surface area (Å²) >= 11 is 5.90. The molecule has 1 aromatic carbocycles. The molecule has 0 aliphatic carbocycles. The average Bonchev–Trinajstić information content (AvgIpc) is 2.87. The summed E-state index contributed by atoms with van der Waals surface area (Å²) in [6.45, 7) is 1.73. The Morgan fingerprint density at radius 3 is 3.00 bits per heavy atom. The van der Waals surface area contributed by atoms with Crippen LogP contribution in [0.15, 0.2) is 18.2 Å². The van der Waals surface area contributed by atoms with Crippen molar-refractivity contribution in [1.29, 1.82) is 0 Å². The van der Waals surface area contributed by atoms with Gasteiger partial charge in [-0.1, -0.05) is 11.6 Å². The van der Waals surface area contributed by atoms with Crippen molar-refractivity contribution >= 4 is 23.9 Å². The Balaban J connectivity index is 1.85. The van der Waals surface area contributed by atoms with Crippen molar-refractivity contribution in [1.82, 2.24) is 4.90 Å². The zero-order valence-corrected chi connectivity index (χ0v) is 11.7. The van der Waals surface area contributed by atoms with Gasteiger partial charge >= 0.3 is 5.97 Å². The van der Waals surface area contributed by atoms with Gasteiger partial charge in [-0.2, -0.15) is 0 Å². The van der Waals surface area contributed by atoms with E-state index in [1.807, 2.05) is 4.90 Å². The smallest absolute Gasteiger partial charge is 0.320 e. The van der Waals surface area contributed by atoms with Crippen LogP contribution in [0.1, 0.15) is 23.2 Å². The van der Waals surface area contributed by atoms with E-state index in [0.717, 1.165) is 13.0 Å². The summed E-state index contributed by atoms with van der Waals surface area (Å²) in [5.41, 5.74) is 0.421. The third-order valence-corrected chi connectivity index (χ3v) is 3.72. The highest BCUT2D eigenvalue weighted by Crippen LogP contribution is 2.22. The maximum absolute atomic E-state index is 11.0. The molecule has 1 atom stereocenters. The summed E-state index contributed by atoms with van der Waals surface area (Å²) in [5, 5.41) is 9.41. The molecule has 0 aromatic heterocycles. The van der Waals surface area contributed by atoms with E-state index in [9.17, 15) is 9.59 Å². The van der Waals surface area contributed by atoms with Crippen LogP contribution in [0.3, 0.4) is 0 Å². The number of aldehydes is 1. The third-order valence-electron chi connectivity index (χ3n) is 3.39. The minimum Gasteiger partial charge on any atom is -0.492 e. The van der Waals surface area contributed by atoms with Gasteiger partial charge < -0.3 is 9.84 Å². The lowest BCUT2D eigenvalue weighted by molar-refractivity contribution is -0.142. The number of hydrogen-bond donors (Lipinski definition) is 1. The first kappa shape index (κ1) is 14.8. The highest BCUT2D eigenvalue weighted by Gasteiger charge is 2.29. The molecule has 1 aliphatic rings. The molecule has 0 bridgehead atoms. The third kappa shape index (κ3) is 3.49. The van der Waals surface area contributed by atoms with Gasteiger partial charge in [0.05, 0.1) is 5.02 Å². The summed E-state index contributed by atoms with van der Waals surface area (Å²) in [6, 6.07) is 4.46. The topological polar surface area (TPSA) is 66.8 Å². The molecule has 1 heterocycles. The van der Waals surface area contributed by atoms with Gasteiger partial charge in [-0.05, 0) is 37.6 Å². The van der Waals surface area contributed by atoms with E-state index >= 15 is 0 Å². The van der Waals surface area contributed by atoms with E-state index in [0.29, 0.717) is 42.2 Å². The second kappa shape index (κ2) is 6.72. The number of likely N-dealkylation sites (tertiary alicyclic amines) is 1. The standard InChI is InChI=1S/C14H16ClNO4/c15-12-8-11(4-3-10(12)9-17)20-7-6-16-5-1-2-13(16)14(18)19/h3-4,8-9,13H,1-2,5-7H2,(H,18,19)/t13-/m0/s1. The van der Waals surface area contributed by atoms with E-state index in [-0.39, 0.29) is 0 Å². The van der Waals surface area contributed by atoms with Crippen molar-refractivity contribution < 1.29 is 19.4 Å².